The van der Waals surface area contributed by atoms with Crippen LogP contribution in [-0.4, -0.2) is 85.5 Å². The van der Waals surface area contributed by atoms with Gasteiger partial charge in [-0.2, -0.15) is 0 Å². The maximum atomic E-state index is 13.0. The molecule has 2 aliphatic rings. The quantitative estimate of drug-likeness (QED) is 0.808. The van der Waals surface area contributed by atoms with Gasteiger partial charge < -0.3 is 14.5 Å². The molecule has 2 amide bonds. The number of rotatable bonds is 4. The molecule has 0 unspecified atom stereocenters. The first-order valence-corrected chi connectivity index (χ1v) is 8.76. The summed E-state index contributed by atoms with van der Waals surface area (Å²) >= 11 is 0. The number of hydrogen-bond donors (Lipinski definition) is 0. The third-order valence-corrected chi connectivity index (χ3v) is 4.76. The van der Waals surface area contributed by atoms with Crippen molar-refractivity contribution in [3.05, 3.63) is 35.6 Å². The fraction of sp³-hybridized carbons (Fsp3) is 0.556. The Balaban J connectivity index is 1.41. The third-order valence-electron chi connectivity index (χ3n) is 4.76. The molecule has 0 bridgehead atoms. The first-order valence-electron chi connectivity index (χ1n) is 8.76. The van der Waals surface area contributed by atoms with Crippen molar-refractivity contribution in [1.29, 1.82) is 0 Å². The molecule has 136 valence electrons. The highest BCUT2D eigenvalue weighted by atomic mass is 19.1. The molecule has 0 saturated carbocycles. The summed E-state index contributed by atoms with van der Waals surface area (Å²) in [6.07, 6.45) is 0.506. The smallest absolute Gasteiger partial charge is 0.253 e. The van der Waals surface area contributed by atoms with Gasteiger partial charge in [0.05, 0.1) is 13.2 Å². The highest BCUT2D eigenvalue weighted by molar-refractivity contribution is 5.94. The average Bonchev–Trinajstić information content (AvgIpc) is 2.67. The Morgan fingerprint density at radius 1 is 0.920 bits per heavy atom. The number of benzene rings is 1. The molecule has 2 aliphatic heterocycles. The van der Waals surface area contributed by atoms with Gasteiger partial charge in [0.1, 0.15) is 5.82 Å². The van der Waals surface area contributed by atoms with Crippen molar-refractivity contribution in [1.82, 2.24) is 14.7 Å². The zero-order valence-corrected chi connectivity index (χ0v) is 14.3. The van der Waals surface area contributed by atoms with Crippen LogP contribution in [0.15, 0.2) is 24.3 Å². The van der Waals surface area contributed by atoms with Crippen LogP contribution in [0, 0.1) is 5.82 Å². The number of piperazine rings is 1. The summed E-state index contributed by atoms with van der Waals surface area (Å²) in [5.74, 6) is -0.233. The Hall–Kier alpha value is -1.99. The normalized spacial score (nSPS) is 19.1. The minimum absolute atomic E-state index is 0.0657. The van der Waals surface area contributed by atoms with Crippen molar-refractivity contribution in [3.8, 4) is 0 Å². The van der Waals surface area contributed by atoms with Gasteiger partial charge in [-0.15, -0.1) is 0 Å². The zero-order valence-electron chi connectivity index (χ0n) is 14.3. The van der Waals surface area contributed by atoms with Gasteiger partial charge in [-0.25, -0.2) is 4.39 Å². The van der Waals surface area contributed by atoms with Crippen LogP contribution in [0.3, 0.4) is 0 Å². The lowest BCUT2D eigenvalue weighted by Crippen LogP contribution is -2.49. The lowest BCUT2D eigenvalue weighted by Gasteiger charge is -2.35. The van der Waals surface area contributed by atoms with Crippen molar-refractivity contribution in [3.63, 3.8) is 0 Å². The second-order valence-corrected chi connectivity index (χ2v) is 6.38. The molecule has 6 nitrogen and oxygen atoms in total. The van der Waals surface area contributed by atoms with E-state index in [-0.39, 0.29) is 17.6 Å². The molecule has 2 fully saturated rings. The number of hydrogen-bond acceptors (Lipinski definition) is 4. The van der Waals surface area contributed by atoms with Gasteiger partial charge >= 0.3 is 0 Å². The molecule has 0 aliphatic carbocycles. The summed E-state index contributed by atoms with van der Waals surface area (Å²) in [5.41, 5.74) is 0.511. The predicted octanol–water partition coefficient (Wildman–Crippen LogP) is 0.832. The van der Waals surface area contributed by atoms with Crippen molar-refractivity contribution < 1.29 is 18.7 Å². The summed E-state index contributed by atoms with van der Waals surface area (Å²) < 4.78 is 18.2. The number of halogens is 1. The Kier molecular flexibility index (Phi) is 5.99. The molecule has 7 heteroatoms. The van der Waals surface area contributed by atoms with Crippen LogP contribution in [0.1, 0.15) is 16.8 Å². The number of ether oxygens (including phenoxy) is 1. The molecule has 1 aromatic rings. The van der Waals surface area contributed by atoms with E-state index in [0.29, 0.717) is 51.4 Å². The van der Waals surface area contributed by atoms with Crippen LogP contribution in [0.5, 0.6) is 0 Å². The molecule has 2 saturated heterocycles. The number of amides is 2. The standard InChI is InChI=1S/C18H24FN3O3/c19-16-3-1-15(2-4-16)18(24)22-9-7-20(8-10-22)6-5-17(23)21-11-13-25-14-12-21/h1-4H,5-14H2. The second kappa shape index (κ2) is 8.40. The maximum Gasteiger partial charge on any atom is 0.253 e. The molecule has 0 atom stereocenters. The summed E-state index contributed by atoms with van der Waals surface area (Å²) in [4.78, 5) is 30.4. The molecular weight excluding hydrogens is 325 g/mol. The SMILES string of the molecule is O=C(CCN1CCN(C(=O)c2ccc(F)cc2)CC1)N1CCOCC1. The minimum atomic E-state index is -0.341. The van der Waals surface area contributed by atoms with Crippen LogP contribution in [-0.2, 0) is 9.53 Å². The van der Waals surface area contributed by atoms with E-state index in [1.54, 1.807) is 4.90 Å². The summed E-state index contributed by atoms with van der Waals surface area (Å²) in [6, 6.07) is 5.65. The van der Waals surface area contributed by atoms with Crippen molar-refractivity contribution >= 4 is 11.8 Å². The van der Waals surface area contributed by atoms with Gasteiger partial charge in [-0.3, -0.25) is 14.5 Å². The Morgan fingerprint density at radius 3 is 2.20 bits per heavy atom. The number of carbonyl (C=O) groups excluding carboxylic acids is 2. The number of carbonyl (C=O) groups is 2. The largest absolute Gasteiger partial charge is 0.378 e. The number of morpholine rings is 1. The van der Waals surface area contributed by atoms with Gasteiger partial charge in [-0.1, -0.05) is 0 Å². The van der Waals surface area contributed by atoms with Gasteiger partial charge in [0.2, 0.25) is 5.91 Å². The molecular formula is C18H24FN3O3. The summed E-state index contributed by atoms with van der Waals surface area (Å²) in [6.45, 7) is 6.08. The summed E-state index contributed by atoms with van der Waals surface area (Å²) in [5, 5.41) is 0. The molecule has 0 spiro atoms. The van der Waals surface area contributed by atoms with Crippen LogP contribution in [0.25, 0.3) is 0 Å². The van der Waals surface area contributed by atoms with Crippen LogP contribution >= 0.6 is 0 Å². The third kappa shape index (κ3) is 4.76. The summed E-state index contributed by atoms with van der Waals surface area (Å²) in [7, 11) is 0. The topological polar surface area (TPSA) is 53.1 Å². The number of nitrogens with zero attached hydrogens (tertiary/aromatic N) is 3. The Labute approximate surface area is 147 Å². The van der Waals surface area contributed by atoms with Crippen molar-refractivity contribution in [2.75, 3.05) is 59.0 Å². The van der Waals surface area contributed by atoms with Crippen LogP contribution < -0.4 is 0 Å². The van der Waals surface area contributed by atoms with E-state index in [1.807, 2.05) is 4.90 Å². The highest BCUT2D eigenvalue weighted by Gasteiger charge is 2.23. The zero-order chi connectivity index (χ0) is 17.6. The lowest BCUT2D eigenvalue weighted by molar-refractivity contribution is -0.135. The lowest BCUT2D eigenvalue weighted by atomic mass is 10.1. The van der Waals surface area contributed by atoms with Gasteiger partial charge in [-0.05, 0) is 24.3 Å². The van der Waals surface area contributed by atoms with Crippen molar-refractivity contribution in [2.24, 2.45) is 0 Å². The van der Waals surface area contributed by atoms with E-state index in [0.717, 1.165) is 19.6 Å². The first kappa shape index (κ1) is 17.8. The average molecular weight is 349 g/mol. The predicted molar refractivity (Wildman–Crippen MR) is 90.8 cm³/mol. The van der Waals surface area contributed by atoms with E-state index in [1.165, 1.54) is 24.3 Å². The minimum Gasteiger partial charge on any atom is -0.378 e. The molecule has 25 heavy (non-hydrogen) atoms. The van der Waals surface area contributed by atoms with Gasteiger partial charge in [0.15, 0.2) is 0 Å². The molecule has 0 radical (unpaired) electrons. The monoisotopic (exact) mass is 349 g/mol. The van der Waals surface area contributed by atoms with Crippen molar-refractivity contribution in [2.45, 2.75) is 6.42 Å². The Bertz CT molecular complexity index is 594. The van der Waals surface area contributed by atoms with Gasteiger partial charge in [0, 0.05) is 57.8 Å². The fourth-order valence-corrected chi connectivity index (χ4v) is 3.17. The fourth-order valence-electron chi connectivity index (χ4n) is 3.17. The highest BCUT2D eigenvalue weighted by Crippen LogP contribution is 2.11. The maximum absolute atomic E-state index is 13.0. The Morgan fingerprint density at radius 2 is 1.56 bits per heavy atom. The van der Waals surface area contributed by atoms with Crippen LogP contribution in [0.4, 0.5) is 4.39 Å². The molecule has 3 rings (SSSR count). The van der Waals surface area contributed by atoms with E-state index in [2.05, 4.69) is 4.90 Å². The molecule has 1 aromatic carbocycles. The molecule has 2 heterocycles. The van der Waals surface area contributed by atoms with Gasteiger partial charge in [0.25, 0.3) is 5.91 Å². The van der Waals surface area contributed by atoms with E-state index >= 15 is 0 Å². The first-order chi connectivity index (χ1) is 12.1. The second-order valence-electron chi connectivity index (χ2n) is 6.38. The molecule has 0 N–H and O–H groups in total. The van der Waals surface area contributed by atoms with E-state index in [4.69, 9.17) is 4.74 Å². The van der Waals surface area contributed by atoms with E-state index in [9.17, 15) is 14.0 Å². The van der Waals surface area contributed by atoms with Crippen LogP contribution in [0.2, 0.25) is 0 Å². The van der Waals surface area contributed by atoms with E-state index < -0.39 is 0 Å². The molecule has 0 aromatic heterocycles.